The van der Waals surface area contributed by atoms with E-state index in [1.165, 1.54) is 23.9 Å². The second-order valence-electron chi connectivity index (χ2n) is 10.4. The lowest BCUT2D eigenvalue weighted by molar-refractivity contribution is -0.139. The van der Waals surface area contributed by atoms with E-state index < -0.39 is 53.7 Å². The number of carboxylic acid groups (broad SMARTS) is 2. The van der Waals surface area contributed by atoms with Gasteiger partial charge in [0.2, 0.25) is 11.8 Å². The largest absolute Gasteiger partial charge is 0.484 e. The van der Waals surface area contributed by atoms with E-state index in [1.807, 2.05) is 13.8 Å². The second-order valence-corrected chi connectivity index (χ2v) is 12.3. The number of carbonyl (C=O) groups excluding carboxylic acids is 4. The van der Waals surface area contributed by atoms with Gasteiger partial charge in [-0.25, -0.2) is 0 Å². The third kappa shape index (κ3) is 14.3. The molecule has 12 nitrogen and oxygen atoms in total. The van der Waals surface area contributed by atoms with Crippen molar-refractivity contribution in [2.45, 2.75) is 72.9 Å². The third-order valence-corrected chi connectivity index (χ3v) is 8.11. The van der Waals surface area contributed by atoms with Crippen LogP contribution >= 0.6 is 35.0 Å². The second kappa shape index (κ2) is 20.2. The number of ketones is 2. The van der Waals surface area contributed by atoms with Crippen LogP contribution in [0, 0.1) is 11.3 Å². The summed E-state index contributed by atoms with van der Waals surface area (Å²) in [4.78, 5) is 72.1. The van der Waals surface area contributed by atoms with Crippen molar-refractivity contribution in [3.05, 3.63) is 27.7 Å². The molecule has 0 radical (unpaired) electrons. The molecule has 0 fully saturated rings. The van der Waals surface area contributed by atoms with Crippen molar-refractivity contribution in [1.82, 2.24) is 10.6 Å². The van der Waals surface area contributed by atoms with Crippen LogP contribution in [0.4, 0.5) is 0 Å². The number of thioether (sulfide) groups is 1. The van der Waals surface area contributed by atoms with Gasteiger partial charge in [0.15, 0.2) is 11.6 Å². The molecule has 0 aliphatic carbocycles. The first kappa shape index (κ1) is 41.1. The molecular formula is C29H43Cl2N3O9S. The van der Waals surface area contributed by atoms with E-state index in [1.54, 1.807) is 27.7 Å². The van der Waals surface area contributed by atoms with Crippen molar-refractivity contribution < 1.29 is 43.7 Å². The van der Waals surface area contributed by atoms with Crippen molar-refractivity contribution >= 4 is 70.3 Å². The Hall–Kier alpha value is -2.87. The highest BCUT2D eigenvalue weighted by Crippen LogP contribution is 2.36. The lowest BCUT2D eigenvalue weighted by Crippen LogP contribution is -2.49. The van der Waals surface area contributed by atoms with Gasteiger partial charge in [-0.1, -0.05) is 64.7 Å². The molecule has 0 heterocycles. The number of hydrogen-bond donors (Lipinski definition) is 5. The number of benzene rings is 1. The highest BCUT2D eigenvalue weighted by molar-refractivity contribution is 7.99. The molecule has 3 atom stereocenters. The molecule has 6 N–H and O–H groups in total. The summed E-state index contributed by atoms with van der Waals surface area (Å²) in [5, 5.41) is 22.4. The summed E-state index contributed by atoms with van der Waals surface area (Å²) in [5.41, 5.74) is 4.96. The fraction of sp³-hybridized carbons (Fsp3) is 0.586. The van der Waals surface area contributed by atoms with E-state index in [0.717, 1.165) is 0 Å². The lowest BCUT2D eigenvalue weighted by atomic mass is 9.91. The summed E-state index contributed by atoms with van der Waals surface area (Å²) in [7, 11) is 0. The number of halogens is 2. The summed E-state index contributed by atoms with van der Waals surface area (Å²) < 4.78 is 5.52. The van der Waals surface area contributed by atoms with Crippen LogP contribution in [0.1, 0.15) is 71.2 Å². The van der Waals surface area contributed by atoms with E-state index in [2.05, 4.69) is 10.6 Å². The minimum atomic E-state index is -1.28. The molecule has 248 valence electrons. The molecule has 15 heteroatoms. The highest BCUT2D eigenvalue weighted by Gasteiger charge is 2.27. The summed E-state index contributed by atoms with van der Waals surface area (Å²) >= 11 is 13.9. The Morgan fingerprint density at radius 1 is 1.02 bits per heavy atom. The van der Waals surface area contributed by atoms with Crippen molar-refractivity contribution in [3.63, 3.8) is 0 Å². The zero-order valence-electron chi connectivity index (χ0n) is 25.8. The molecule has 3 unspecified atom stereocenters. The summed E-state index contributed by atoms with van der Waals surface area (Å²) in [6.07, 6.45) is -0.0160. The Balaban J connectivity index is 0.00000904. The number of Topliss-reactive ketones (excluding diaryl/α,β-unsaturated/α-hetero) is 2. The monoisotopic (exact) mass is 679 g/mol. The van der Waals surface area contributed by atoms with Gasteiger partial charge in [-0.2, -0.15) is 11.8 Å². The molecule has 0 aliphatic rings. The van der Waals surface area contributed by atoms with Gasteiger partial charge in [0.25, 0.3) is 0 Å². The van der Waals surface area contributed by atoms with Crippen molar-refractivity contribution in [2.24, 2.45) is 17.1 Å². The molecule has 44 heavy (non-hydrogen) atoms. The van der Waals surface area contributed by atoms with Crippen LogP contribution in [0.3, 0.4) is 0 Å². The van der Waals surface area contributed by atoms with Crippen molar-refractivity contribution in [2.75, 3.05) is 24.7 Å². The predicted octanol–water partition coefficient (Wildman–Crippen LogP) is 3.83. The summed E-state index contributed by atoms with van der Waals surface area (Å²) in [5.74, 6) is -4.58. The molecule has 2 amide bonds. The van der Waals surface area contributed by atoms with Gasteiger partial charge in [-0.15, -0.1) is 0 Å². The zero-order chi connectivity index (χ0) is 34.2. The number of carbonyl (C=O) groups is 6. The van der Waals surface area contributed by atoms with Gasteiger partial charge >= 0.3 is 11.9 Å². The number of amides is 2. The van der Waals surface area contributed by atoms with E-state index in [9.17, 15) is 28.8 Å². The molecule has 0 aliphatic heterocycles. The number of carboxylic acids is 2. The SMILES string of the molecule is CC.CCC(CSCC(NC(=O)CCC(N)C(=O)O)C(=O)NCC(=O)O)C(=O)c1ccc(OCC(=O)C(C)(C)C)c(Cl)c1Cl. The average Bonchev–Trinajstić information content (AvgIpc) is 2.96. The number of aliphatic carboxylic acids is 2. The zero-order valence-corrected chi connectivity index (χ0v) is 28.2. The number of nitrogens with two attached hydrogens (primary N) is 1. The van der Waals surface area contributed by atoms with Crippen LogP contribution in [-0.2, 0) is 24.0 Å². The first-order valence-electron chi connectivity index (χ1n) is 14.0. The maximum atomic E-state index is 13.3. The standard InChI is InChI=1S/C27H37Cl2N3O9S.C2H6/c1-5-14(24(37)15-6-8-18(23(29)22(15)28)41-11-19(33)27(2,3)4)12-42-13-17(25(38)31-10-21(35)36)32-20(34)9-7-16(30)26(39)40;1-2/h6,8,14,16-17H,5,7,9-13,30H2,1-4H3,(H,31,38)(H,32,34)(H,35,36)(H,39,40);1-2H3. The summed E-state index contributed by atoms with van der Waals surface area (Å²) in [6.45, 7) is 10.2. The number of hydrogen-bond acceptors (Lipinski definition) is 9. The molecule has 1 rings (SSSR count). The van der Waals surface area contributed by atoms with Gasteiger partial charge in [0.1, 0.15) is 36.0 Å². The number of ether oxygens (including phenoxy) is 1. The topological polar surface area (TPSA) is 202 Å². The maximum absolute atomic E-state index is 13.3. The van der Waals surface area contributed by atoms with Gasteiger partial charge in [0, 0.05) is 34.8 Å². The molecule has 0 aromatic heterocycles. The van der Waals surface area contributed by atoms with Gasteiger partial charge in [-0.05, 0) is 25.0 Å². The minimum Gasteiger partial charge on any atom is -0.484 e. The number of nitrogens with one attached hydrogen (secondary N) is 2. The van der Waals surface area contributed by atoms with Gasteiger partial charge < -0.3 is 31.3 Å². The quantitative estimate of drug-likeness (QED) is 0.141. The smallest absolute Gasteiger partial charge is 0.322 e. The van der Waals surface area contributed by atoms with Crippen LogP contribution in [0.5, 0.6) is 5.75 Å². The molecule has 0 saturated carbocycles. The lowest BCUT2D eigenvalue weighted by Gasteiger charge is -2.20. The van der Waals surface area contributed by atoms with Gasteiger partial charge in [-0.3, -0.25) is 28.8 Å². The van der Waals surface area contributed by atoms with Gasteiger partial charge in [0.05, 0.1) is 5.02 Å². The first-order valence-corrected chi connectivity index (χ1v) is 15.9. The maximum Gasteiger partial charge on any atom is 0.322 e. The Kier molecular flexibility index (Phi) is 18.9. The van der Waals surface area contributed by atoms with E-state index in [-0.39, 0.29) is 63.9 Å². The molecule has 0 bridgehead atoms. The Labute approximate surface area is 272 Å². The van der Waals surface area contributed by atoms with E-state index in [0.29, 0.717) is 6.42 Å². The Morgan fingerprint density at radius 3 is 2.16 bits per heavy atom. The van der Waals surface area contributed by atoms with Crippen molar-refractivity contribution in [1.29, 1.82) is 0 Å². The predicted molar refractivity (Wildman–Crippen MR) is 171 cm³/mol. The minimum absolute atomic E-state index is 0.00493. The fourth-order valence-electron chi connectivity index (χ4n) is 3.27. The van der Waals surface area contributed by atoms with E-state index in [4.69, 9.17) is 43.9 Å². The fourth-order valence-corrected chi connectivity index (χ4v) is 5.01. The highest BCUT2D eigenvalue weighted by atomic mass is 35.5. The molecular weight excluding hydrogens is 637 g/mol. The average molecular weight is 681 g/mol. The van der Waals surface area contributed by atoms with E-state index >= 15 is 0 Å². The Bertz CT molecular complexity index is 1180. The van der Waals surface area contributed by atoms with Crippen molar-refractivity contribution in [3.8, 4) is 5.75 Å². The third-order valence-electron chi connectivity index (χ3n) is 6.04. The Morgan fingerprint density at radius 2 is 1.64 bits per heavy atom. The van der Waals surface area contributed by atoms with Crippen LogP contribution in [-0.4, -0.2) is 82.3 Å². The first-order chi connectivity index (χ1) is 20.5. The van der Waals surface area contributed by atoms with Crippen LogP contribution < -0.4 is 21.1 Å². The van der Waals surface area contributed by atoms with Crippen LogP contribution in [0.2, 0.25) is 10.0 Å². The molecule has 1 aromatic rings. The molecule has 1 aromatic carbocycles. The molecule has 0 saturated heterocycles. The molecule has 0 spiro atoms. The van der Waals surface area contributed by atoms with Crippen LogP contribution in [0.25, 0.3) is 0 Å². The van der Waals surface area contributed by atoms with Crippen LogP contribution in [0.15, 0.2) is 12.1 Å². The normalized spacial score (nSPS) is 12.9. The number of rotatable bonds is 18. The summed E-state index contributed by atoms with van der Waals surface area (Å²) in [6, 6.07) is 0.519.